The Bertz CT molecular complexity index is 1060. The number of hydrogen-bond donors (Lipinski definition) is 1. The van der Waals surface area contributed by atoms with Crippen LogP contribution in [0.15, 0.2) is 27.9 Å². The van der Waals surface area contributed by atoms with Gasteiger partial charge in [0.05, 0.1) is 13.2 Å². The van der Waals surface area contributed by atoms with Gasteiger partial charge in [-0.15, -0.1) is 0 Å². The SMILES string of the molecule is CCOc1nc2c(c(=O)n(CCCO)c(=O)n2C)n1Cc1ccc(C)nc1. The Morgan fingerprint density at radius 2 is 2.00 bits per heavy atom. The Labute approximate surface area is 155 Å². The molecule has 9 nitrogen and oxygen atoms in total. The highest BCUT2D eigenvalue weighted by Gasteiger charge is 2.21. The van der Waals surface area contributed by atoms with Crippen LogP contribution in [0.3, 0.4) is 0 Å². The number of nitrogens with zero attached hydrogens (tertiary/aromatic N) is 5. The van der Waals surface area contributed by atoms with Crippen LogP contribution in [0.1, 0.15) is 24.6 Å². The van der Waals surface area contributed by atoms with Gasteiger partial charge in [0.2, 0.25) is 0 Å². The van der Waals surface area contributed by atoms with Crippen molar-refractivity contribution >= 4 is 11.2 Å². The highest BCUT2D eigenvalue weighted by atomic mass is 16.5. The molecular weight excluding hydrogens is 350 g/mol. The Morgan fingerprint density at radius 3 is 2.63 bits per heavy atom. The molecular formula is C18H23N5O4. The first kappa shape index (κ1) is 18.8. The fourth-order valence-electron chi connectivity index (χ4n) is 2.94. The third kappa shape index (κ3) is 3.50. The van der Waals surface area contributed by atoms with Gasteiger partial charge in [-0.3, -0.25) is 23.5 Å². The summed E-state index contributed by atoms with van der Waals surface area (Å²) in [5.74, 6) is 0. The summed E-state index contributed by atoms with van der Waals surface area (Å²) < 4.78 is 9.74. The predicted octanol–water partition coefficient (Wildman–Crippen LogP) is 0.430. The highest BCUT2D eigenvalue weighted by Crippen LogP contribution is 2.19. The number of aryl methyl sites for hydroxylation is 2. The van der Waals surface area contributed by atoms with E-state index in [0.29, 0.717) is 25.1 Å². The van der Waals surface area contributed by atoms with Crippen molar-refractivity contribution in [3.8, 4) is 6.01 Å². The first-order chi connectivity index (χ1) is 13.0. The molecule has 0 saturated carbocycles. The lowest BCUT2D eigenvalue weighted by Gasteiger charge is -2.10. The minimum absolute atomic E-state index is 0.105. The maximum atomic E-state index is 13.0. The van der Waals surface area contributed by atoms with Crippen LogP contribution in [0.2, 0.25) is 0 Å². The molecule has 0 bridgehead atoms. The van der Waals surface area contributed by atoms with Crippen molar-refractivity contribution in [1.29, 1.82) is 0 Å². The minimum atomic E-state index is -0.467. The van der Waals surface area contributed by atoms with Crippen LogP contribution in [0.25, 0.3) is 11.2 Å². The van der Waals surface area contributed by atoms with Crippen molar-refractivity contribution in [2.45, 2.75) is 33.4 Å². The van der Waals surface area contributed by atoms with Gasteiger partial charge in [-0.2, -0.15) is 4.98 Å². The number of aliphatic hydroxyl groups excluding tert-OH is 1. The number of imidazole rings is 1. The molecule has 1 N–H and O–H groups in total. The lowest BCUT2D eigenvalue weighted by Crippen LogP contribution is -2.39. The fourth-order valence-corrected chi connectivity index (χ4v) is 2.94. The molecule has 0 unspecified atom stereocenters. The van der Waals surface area contributed by atoms with Gasteiger partial charge in [0.15, 0.2) is 11.2 Å². The first-order valence-corrected chi connectivity index (χ1v) is 8.83. The van der Waals surface area contributed by atoms with Crippen molar-refractivity contribution < 1.29 is 9.84 Å². The molecule has 0 spiro atoms. The number of ether oxygens (including phenoxy) is 1. The number of pyridine rings is 1. The summed E-state index contributed by atoms with van der Waals surface area (Å²) in [6, 6.07) is 4.10. The van der Waals surface area contributed by atoms with Gasteiger partial charge in [-0.25, -0.2) is 4.79 Å². The van der Waals surface area contributed by atoms with Crippen molar-refractivity contribution in [1.82, 2.24) is 23.7 Å². The van der Waals surface area contributed by atoms with Crippen molar-refractivity contribution in [2.24, 2.45) is 7.05 Å². The first-order valence-electron chi connectivity index (χ1n) is 8.83. The van der Waals surface area contributed by atoms with E-state index in [2.05, 4.69) is 9.97 Å². The van der Waals surface area contributed by atoms with E-state index in [4.69, 9.17) is 9.84 Å². The van der Waals surface area contributed by atoms with Crippen LogP contribution < -0.4 is 16.0 Å². The molecule has 0 aromatic carbocycles. The Balaban J connectivity index is 2.24. The monoisotopic (exact) mass is 373 g/mol. The summed E-state index contributed by atoms with van der Waals surface area (Å²) in [7, 11) is 1.57. The lowest BCUT2D eigenvalue weighted by molar-refractivity contribution is 0.277. The number of rotatable bonds is 7. The van der Waals surface area contributed by atoms with Crippen molar-refractivity contribution in [3.63, 3.8) is 0 Å². The van der Waals surface area contributed by atoms with Gasteiger partial charge in [0.25, 0.3) is 11.6 Å². The van der Waals surface area contributed by atoms with Gasteiger partial charge < -0.3 is 9.84 Å². The molecule has 0 fully saturated rings. The molecule has 3 aromatic rings. The lowest BCUT2D eigenvalue weighted by atomic mass is 10.2. The number of hydrogen-bond acceptors (Lipinski definition) is 6. The third-order valence-electron chi connectivity index (χ3n) is 4.32. The van der Waals surface area contributed by atoms with Crippen molar-refractivity contribution in [2.75, 3.05) is 13.2 Å². The van der Waals surface area contributed by atoms with Crippen molar-refractivity contribution in [3.05, 3.63) is 50.4 Å². The average Bonchev–Trinajstić information content (AvgIpc) is 3.00. The normalized spacial score (nSPS) is 11.3. The van der Waals surface area contributed by atoms with E-state index in [1.165, 1.54) is 4.57 Å². The van der Waals surface area contributed by atoms with E-state index in [1.54, 1.807) is 17.8 Å². The van der Waals surface area contributed by atoms with E-state index >= 15 is 0 Å². The van der Waals surface area contributed by atoms with E-state index in [1.807, 2.05) is 26.0 Å². The molecule has 0 saturated heterocycles. The summed E-state index contributed by atoms with van der Waals surface area (Å²) in [5.41, 5.74) is 1.43. The summed E-state index contributed by atoms with van der Waals surface area (Å²) in [4.78, 5) is 34.2. The maximum absolute atomic E-state index is 13.0. The Kier molecular flexibility index (Phi) is 5.41. The zero-order valence-electron chi connectivity index (χ0n) is 15.7. The van der Waals surface area contributed by atoms with Crippen LogP contribution in [0.5, 0.6) is 6.01 Å². The van der Waals surface area contributed by atoms with E-state index in [9.17, 15) is 9.59 Å². The van der Waals surface area contributed by atoms with Crippen LogP contribution in [-0.4, -0.2) is 42.0 Å². The molecule has 0 radical (unpaired) electrons. The number of aliphatic hydroxyl groups is 1. The smallest absolute Gasteiger partial charge is 0.332 e. The second kappa shape index (κ2) is 7.75. The second-order valence-electron chi connectivity index (χ2n) is 6.27. The van der Waals surface area contributed by atoms with Gasteiger partial charge in [-0.05, 0) is 31.9 Å². The largest absolute Gasteiger partial charge is 0.465 e. The maximum Gasteiger partial charge on any atom is 0.332 e. The molecule has 144 valence electrons. The summed E-state index contributed by atoms with van der Waals surface area (Å²) >= 11 is 0. The zero-order valence-corrected chi connectivity index (χ0v) is 15.7. The third-order valence-corrected chi connectivity index (χ3v) is 4.32. The van der Waals surface area contributed by atoms with Crippen LogP contribution >= 0.6 is 0 Å². The summed E-state index contributed by atoms with van der Waals surface area (Å²) in [6.07, 6.45) is 2.05. The topological polar surface area (TPSA) is 104 Å². The molecule has 0 amide bonds. The Morgan fingerprint density at radius 1 is 1.22 bits per heavy atom. The van der Waals surface area contributed by atoms with E-state index in [-0.39, 0.29) is 24.8 Å². The van der Waals surface area contributed by atoms with Crippen LogP contribution in [0.4, 0.5) is 0 Å². The minimum Gasteiger partial charge on any atom is -0.465 e. The quantitative estimate of drug-likeness (QED) is 0.644. The summed E-state index contributed by atoms with van der Waals surface area (Å²) in [6.45, 7) is 4.48. The fraction of sp³-hybridized carbons (Fsp3) is 0.444. The molecule has 3 aromatic heterocycles. The van der Waals surface area contributed by atoms with Gasteiger partial charge in [0.1, 0.15) is 0 Å². The molecule has 27 heavy (non-hydrogen) atoms. The van der Waals surface area contributed by atoms with Crippen LogP contribution in [0, 0.1) is 6.92 Å². The van der Waals surface area contributed by atoms with Gasteiger partial charge in [-0.1, -0.05) is 6.07 Å². The number of aromatic nitrogens is 5. The molecule has 0 aliphatic carbocycles. The molecule has 3 rings (SSSR count). The molecule has 9 heteroatoms. The molecule has 0 atom stereocenters. The van der Waals surface area contributed by atoms with Gasteiger partial charge in [0, 0.05) is 32.1 Å². The standard InChI is InChI=1S/C18H23N5O4/c1-4-27-17-20-15-14(23(17)11-13-7-6-12(2)19-10-13)16(25)22(8-5-9-24)18(26)21(15)3/h6-7,10,24H,4-5,8-9,11H2,1-3H3. The number of fused-ring (bicyclic) bond motifs is 1. The highest BCUT2D eigenvalue weighted by molar-refractivity contribution is 5.72. The zero-order chi connectivity index (χ0) is 19.6. The Hall–Kier alpha value is -2.94. The molecule has 0 aliphatic rings. The van der Waals surface area contributed by atoms with Gasteiger partial charge >= 0.3 is 5.69 Å². The van der Waals surface area contributed by atoms with E-state index in [0.717, 1.165) is 15.8 Å². The predicted molar refractivity (Wildman–Crippen MR) is 100 cm³/mol. The average molecular weight is 373 g/mol. The second-order valence-corrected chi connectivity index (χ2v) is 6.27. The molecule has 0 aliphatic heterocycles. The summed E-state index contributed by atoms with van der Waals surface area (Å²) in [5, 5.41) is 9.07. The van der Waals surface area contributed by atoms with E-state index < -0.39 is 11.2 Å². The van der Waals surface area contributed by atoms with Crippen LogP contribution in [-0.2, 0) is 20.1 Å². The molecule has 3 heterocycles.